The Morgan fingerprint density at radius 2 is 2.32 bits per heavy atom. The van der Waals surface area contributed by atoms with Crippen LogP contribution in [0.5, 0.6) is 0 Å². The number of ether oxygens (including phenoxy) is 1. The number of hydrogen-bond donors (Lipinski definition) is 1. The van der Waals surface area contributed by atoms with E-state index in [2.05, 4.69) is 18.3 Å². The molecule has 1 aromatic carbocycles. The van der Waals surface area contributed by atoms with Crippen LogP contribution in [0, 0.1) is 0 Å². The molecule has 28 heavy (non-hydrogen) atoms. The van der Waals surface area contributed by atoms with Crippen molar-refractivity contribution in [2.24, 2.45) is 0 Å². The van der Waals surface area contributed by atoms with Crippen molar-refractivity contribution in [3.05, 3.63) is 41.5 Å². The van der Waals surface area contributed by atoms with Crippen molar-refractivity contribution in [1.82, 2.24) is 5.32 Å². The lowest BCUT2D eigenvalue weighted by molar-refractivity contribution is -0.126. The molecule has 1 saturated carbocycles. The third-order valence-electron chi connectivity index (χ3n) is 5.68. The van der Waals surface area contributed by atoms with Crippen molar-refractivity contribution in [2.45, 2.75) is 77.1 Å². The monoisotopic (exact) mass is 385 g/mol. The molecule has 1 aliphatic carbocycles. The van der Waals surface area contributed by atoms with Gasteiger partial charge in [-0.2, -0.15) is 0 Å². The van der Waals surface area contributed by atoms with Gasteiger partial charge in [-0.3, -0.25) is 4.79 Å². The maximum Gasteiger partial charge on any atom is 0.481 e. The molecule has 5 nitrogen and oxygen atoms in total. The SMILES string of the molecule is C/C=C/c1cccc(COCC(=O)NC(CC)B2O[C@@H]3CCCC[C@]3(C)O2)c1. The van der Waals surface area contributed by atoms with Gasteiger partial charge in [0.25, 0.3) is 0 Å². The van der Waals surface area contributed by atoms with Gasteiger partial charge in [-0.1, -0.05) is 50.1 Å². The quantitative estimate of drug-likeness (QED) is 0.690. The lowest BCUT2D eigenvalue weighted by Crippen LogP contribution is -2.48. The first-order valence-corrected chi connectivity index (χ1v) is 10.5. The standard InChI is InChI=1S/C22H32BNO4/c1-4-9-17-10-8-11-18(14-17)15-26-16-21(25)24-20(5-2)23-27-19-12-6-7-13-22(19,3)28-23/h4,8-11,14,19-20H,5-7,12-13,15-16H2,1-3H3,(H,24,25)/b9-4+/t19-,20?,22+/m1/s1. The van der Waals surface area contributed by atoms with Gasteiger partial charge in [-0.15, -0.1) is 0 Å². The van der Waals surface area contributed by atoms with Gasteiger partial charge in [-0.05, 0) is 50.3 Å². The molecule has 1 saturated heterocycles. The molecule has 1 N–H and O–H groups in total. The summed E-state index contributed by atoms with van der Waals surface area (Å²) in [4.78, 5) is 12.4. The summed E-state index contributed by atoms with van der Waals surface area (Å²) >= 11 is 0. The van der Waals surface area contributed by atoms with Crippen LogP contribution in [0.25, 0.3) is 6.08 Å². The third-order valence-corrected chi connectivity index (χ3v) is 5.68. The zero-order valence-corrected chi connectivity index (χ0v) is 17.3. The molecule has 1 amide bonds. The molecule has 1 aromatic rings. The number of allylic oxidation sites excluding steroid dienone is 1. The van der Waals surface area contributed by atoms with Gasteiger partial charge in [0, 0.05) is 0 Å². The molecule has 6 heteroatoms. The normalized spacial score (nSPS) is 25.7. The first kappa shape index (κ1) is 21.1. The highest BCUT2D eigenvalue weighted by Gasteiger charge is 2.52. The van der Waals surface area contributed by atoms with Crippen molar-refractivity contribution in [3.8, 4) is 0 Å². The van der Waals surface area contributed by atoms with Crippen LogP contribution in [0.2, 0.25) is 0 Å². The minimum atomic E-state index is -0.375. The summed E-state index contributed by atoms with van der Waals surface area (Å²) in [6, 6.07) is 8.11. The molecular formula is C22H32BNO4. The van der Waals surface area contributed by atoms with E-state index in [1.807, 2.05) is 44.2 Å². The Kier molecular flexibility index (Phi) is 7.33. The summed E-state index contributed by atoms with van der Waals surface area (Å²) in [5.41, 5.74) is 1.97. The summed E-state index contributed by atoms with van der Waals surface area (Å²) in [7, 11) is -0.375. The summed E-state index contributed by atoms with van der Waals surface area (Å²) in [6.07, 6.45) is 9.35. The number of fused-ring (bicyclic) bond motifs is 1. The highest BCUT2D eigenvalue weighted by Crippen LogP contribution is 2.40. The van der Waals surface area contributed by atoms with E-state index in [9.17, 15) is 4.79 Å². The van der Waals surface area contributed by atoms with Crippen molar-refractivity contribution >= 4 is 19.1 Å². The number of hydrogen-bond acceptors (Lipinski definition) is 4. The Balaban J connectivity index is 1.46. The number of amides is 1. The summed E-state index contributed by atoms with van der Waals surface area (Å²) in [5, 5.41) is 3.03. The van der Waals surface area contributed by atoms with Crippen LogP contribution in [-0.4, -0.2) is 37.3 Å². The second kappa shape index (κ2) is 9.72. The summed E-state index contributed by atoms with van der Waals surface area (Å²) in [6.45, 7) is 6.60. The average Bonchev–Trinajstić information content (AvgIpc) is 3.04. The predicted octanol–water partition coefficient (Wildman–Crippen LogP) is 3.91. The van der Waals surface area contributed by atoms with E-state index in [1.54, 1.807) is 0 Å². The number of rotatable bonds is 8. The lowest BCUT2D eigenvalue weighted by Gasteiger charge is -2.34. The van der Waals surface area contributed by atoms with E-state index >= 15 is 0 Å². The van der Waals surface area contributed by atoms with Gasteiger partial charge < -0.3 is 19.4 Å². The Morgan fingerprint density at radius 1 is 1.46 bits per heavy atom. The molecule has 1 aliphatic heterocycles. The van der Waals surface area contributed by atoms with Crippen LogP contribution < -0.4 is 5.32 Å². The molecule has 2 aliphatic rings. The molecule has 3 atom stereocenters. The van der Waals surface area contributed by atoms with Crippen LogP contribution >= 0.6 is 0 Å². The van der Waals surface area contributed by atoms with E-state index in [4.69, 9.17) is 14.0 Å². The van der Waals surface area contributed by atoms with Gasteiger partial charge in [0.05, 0.1) is 24.3 Å². The first-order valence-electron chi connectivity index (χ1n) is 10.5. The smallest absolute Gasteiger partial charge is 0.404 e. The van der Waals surface area contributed by atoms with Crippen LogP contribution in [0.1, 0.15) is 64.0 Å². The fraction of sp³-hybridized carbons (Fsp3) is 0.591. The number of carbonyl (C=O) groups is 1. The van der Waals surface area contributed by atoms with Gasteiger partial charge >= 0.3 is 7.12 Å². The largest absolute Gasteiger partial charge is 0.481 e. The Morgan fingerprint density at radius 3 is 3.07 bits per heavy atom. The number of benzene rings is 1. The van der Waals surface area contributed by atoms with Crippen molar-refractivity contribution in [1.29, 1.82) is 0 Å². The highest BCUT2D eigenvalue weighted by molar-refractivity contribution is 6.47. The van der Waals surface area contributed by atoms with Crippen LogP contribution in [0.3, 0.4) is 0 Å². The first-order chi connectivity index (χ1) is 13.5. The minimum absolute atomic E-state index is 0.0256. The molecule has 0 aromatic heterocycles. The number of nitrogens with one attached hydrogen (secondary N) is 1. The van der Waals surface area contributed by atoms with E-state index in [0.29, 0.717) is 6.61 Å². The van der Waals surface area contributed by atoms with Gasteiger partial charge in [-0.25, -0.2) is 0 Å². The lowest BCUT2D eigenvalue weighted by atomic mass is 9.76. The molecule has 0 radical (unpaired) electrons. The molecule has 3 rings (SSSR count). The maximum atomic E-state index is 12.4. The fourth-order valence-corrected chi connectivity index (χ4v) is 4.10. The predicted molar refractivity (Wildman–Crippen MR) is 112 cm³/mol. The van der Waals surface area contributed by atoms with Crippen molar-refractivity contribution in [3.63, 3.8) is 0 Å². The molecule has 1 heterocycles. The Hall–Kier alpha value is -1.63. The molecular weight excluding hydrogens is 353 g/mol. The van der Waals surface area contributed by atoms with Crippen molar-refractivity contribution in [2.75, 3.05) is 6.61 Å². The van der Waals surface area contributed by atoms with E-state index in [1.165, 1.54) is 12.8 Å². The van der Waals surface area contributed by atoms with Gasteiger partial charge in [0.2, 0.25) is 5.91 Å². The Bertz CT molecular complexity index is 695. The maximum absolute atomic E-state index is 12.4. The minimum Gasteiger partial charge on any atom is -0.404 e. The zero-order chi connectivity index (χ0) is 20.0. The topological polar surface area (TPSA) is 56.8 Å². The third kappa shape index (κ3) is 5.25. The van der Waals surface area contributed by atoms with Crippen molar-refractivity contribution < 1.29 is 18.8 Å². The molecule has 2 fully saturated rings. The van der Waals surface area contributed by atoms with Crippen LogP contribution in [0.15, 0.2) is 30.3 Å². The van der Waals surface area contributed by atoms with E-state index < -0.39 is 0 Å². The highest BCUT2D eigenvalue weighted by atomic mass is 16.7. The van der Waals surface area contributed by atoms with E-state index in [-0.39, 0.29) is 37.3 Å². The second-order valence-corrected chi connectivity index (χ2v) is 7.99. The van der Waals surface area contributed by atoms with Crippen LogP contribution in [0.4, 0.5) is 0 Å². The van der Waals surface area contributed by atoms with Gasteiger partial charge in [0.15, 0.2) is 0 Å². The molecule has 1 unspecified atom stereocenters. The Labute approximate surface area is 169 Å². The fourth-order valence-electron chi connectivity index (χ4n) is 4.10. The summed E-state index contributed by atoms with van der Waals surface area (Å²) < 4.78 is 18.0. The van der Waals surface area contributed by atoms with Crippen LogP contribution in [-0.2, 0) is 25.4 Å². The molecule has 152 valence electrons. The second-order valence-electron chi connectivity index (χ2n) is 7.99. The average molecular weight is 385 g/mol. The van der Waals surface area contributed by atoms with Gasteiger partial charge in [0.1, 0.15) is 6.61 Å². The summed E-state index contributed by atoms with van der Waals surface area (Å²) in [5.74, 6) is -0.291. The number of carbonyl (C=O) groups excluding carboxylic acids is 1. The molecule has 0 spiro atoms. The molecule has 0 bridgehead atoms. The zero-order valence-electron chi connectivity index (χ0n) is 17.3. The van der Waals surface area contributed by atoms with E-state index in [0.717, 1.165) is 30.4 Å².